The molecule has 0 radical (unpaired) electrons. The molecule has 2 aromatic heterocycles. The van der Waals surface area contributed by atoms with Gasteiger partial charge in [0.05, 0.1) is 29.0 Å². The Labute approximate surface area is 432 Å². The molecule has 0 saturated carbocycles. The minimum absolute atomic E-state index is 0.0479. The number of nitrogens with one attached hydrogen (secondary N) is 5. The number of carboxylic acid groups (broad SMARTS) is 1. The van der Waals surface area contributed by atoms with Crippen molar-refractivity contribution in [1.82, 2.24) is 35.7 Å². The number of nitrogens with zero attached hydrogens (tertiary/aromatic N) is 3. The maximum Gasteiger partial charge on any atom is 0.407 e. The van der Waals surface area contributed by atoms with E-state index in [9.17, 15) is 58.2 Å². The summed E-state index contributed by atoms with van der Waals surface area (Å²) in [5.74, 6) is -7.02. The van der Waals surface area contributed by atoms with Crippen molar-refractivity contribution in [3.05, 3.63) is 103 Å². The quantitative estimate of drug-likeness (QED) is 0.0435. The van der Waals surface area contributed by atoms with Gasteiger partial charge in [-0.1, -0.05) is 44.5 Å². The fourth-order valence-electron chi connectivity index (χ4n) is 8.87. The number of carboxylic acids is 1. The molecule has 4 atom stereocenters. The maximum absolute atomic E-state index is 16.1. The number of pyridine rings is 2. The van der Waals surface area contributed by atoms with Crippen LogP contribution >= 0.6 is 11.6 Å². The van der Waals surface area contributed by atoms with Gasteiger partial charge in [0.2, 0.25) is 23.6 Å². The standard InChI is InChI=1S/C51H54ClFN8O14/c1-6-51(73)32-18-37-44-30(21-61(37)48(70)31(32)23-74-49(51)71)29(42-35(58-44)19-33(52)25(4)43(42)53)20-54-50(72)75-22-27-7-9-28(10-8-27)56-46(68)34(11-14-41(65)66)59-45(67)26(5)55-47(69)36(17-24(2)3)57-38(62)15-16-60-39(63)12-13-40(60)64/h7-10,12-13,18-19,24,26,34,36,73H,6,11,14-17,20-23H2,1-5H3,(H,54,72)(H,55,69)(H,56,68)(H,57,62)(H,59,67)(H,65,66)/t26-,34-,36+,51-/m0/s1. The lowest BCUT2D eigenvalue weighted by Gasteiger charge is -2.31. The summed E-state index contributed by atoms with van der Waals surface area (Å²) in [4.78, 5) is 133. The summed E-state index contributed by atoms with van der Waals surface area (Å²) in [7, 11) is 0. The number of fused-ring (bicyclic) bond motifs is 5. The first kappa shape index (κ1) is 54.7. The molecule has 5 heterocycles. The van der Waals surface area contributed by atoms with Crippen LogP contribution in [0, 0.1) is 18.7 Å². The van der Waals surface area contributed by atoms with E-state index in [2.05, 4.69) is 31.6 Å². The van der Waals surface area contributed by atoms with E-state index in [0.29, 0.717) is 11.1 Å². The third-order valence-electron chi connectivity index (χ3n) is 13.1. The molecule has 396 valence electrons. The van der Waals surface area contributed by atoms with E-state index in [1.54, 1.807) is 20.8 Å². The highest BCUT2D eigenvalue weighted by atomic mass is 35.5. The minimum atomic E-state index is -2.08. The number of amides is 7. The fourth-order valence-corrected chi connectivity index (χ4v) is 9.06. The number of carbonyl (C=O) groups is 9. The number of carbonyl (C=O) groups excluding carboxylic acids is 8. The van der Waals surface area contributed by atoms with E-state index >= 15 is 4.39 Å². The zero-order chi connectivity index (χ0) is 54.6. The molecule has 75 heavy (non-hydrogen) atoms. The molecule has 3 aliphatic rings. The molecule has 0 unspecified atom stereocenters. The van der Waals surface area contributed by atoms with Gasteiger partial charge in [0.1, 0.15) is 37.2 Å². The molecule has 22 nitrogen and oxygen atoms in total. The third kappa shape index (κ3) is 11.8. The molecule has 7 amide bonds. The van der Waals surface area contributed by atoms with Gasteiger partial charge in [-0.15, -0.1) is 0 Å². The lowest BCUT2D eigenvalue weighted by molar-refractivity contribution is -0.172. The van der Waals surface area contributed by atoms with Crippen LogP contribution in [-0.2, 0) is 79.7 Å². The van der Waals surface area contributed by atoms with Gasteiger partial charge < -0.3 is 50.8 Å². The Morgan fingerprint density at radius 3 is 2.27 bits per heavy atom. The van der Waals surface area contributed by atoms with Crippen molar-refractivity contribution in [3.63, 3.8) is 0 Å². The van der Waals surface area contributed by atoms with Crippen LogP contribution in [0.15, 0.2) is 53.3 Å². The summed E-state index contributed by atoms with van der Waals surface area (Å²) < 4.78 is 28.1. The lowest BCUT2D eigenvalue weighted by Crippen LogP contribution is -2.55. The zero-order valence-corrected chi connectivity index (χ0v) is 42.1. The van der Waals surface area contributed by atoms with Crippen LogP contribution in [0.1, 0.15) is 93.2 Å². The molecule has 4 aromatic rings. The Bertz CT molecular complexity index is 3120. The largest absolute Gasteiger partial charge is 0.481 e. The number of imide groups is 1. The van der Waals surface area contributed by atoms with Gasteiger partial charge in [0.15, 0.2) is 5.60 Å². The second-order valence-corrected chi connectivity index (χ2v) is 19.1. The number of esters is 1. The average Bonchev–Trinajstić information content (AvgIpc) is 3.90. The van der Waals surface area contributed by atoms with E-state index in [-0.39, 0.29) is 120 Å². The summed E-state index contributed by atoms with van der Waals surface area (Å²) in [5, 5.41) is 33.6. The molecule has 0 bridgehead atoms. The van der Waals surface area contributed by atoms with Crippen molar-refractivity contribution in [3.8, 4) is 11.4 Å². The van der Waals surface area contributed by atoms with Crippen LogP contribution in [0.25, 0.3) is 22.3 Å². The fraction of sp³-hybridized carbons (Fsp3) is 0.392. The molecule has 2 aromatic carbocycles. The summed E-state index contributed by atoms with van der Waals surface area (Å²) in [6.07, 6.45) is 0.236. The summed E-state index contributed by atoms with van der Waals surface area (Å²) in [6, 6.07) is 5.21. The number of cyclic esters (lactones) is 1. The number of aliphatic carboxylic acids is 1. The highest BCUT2D eigenvalue weighted by molar-refractivity contribution is 6.32. The highest BCUT2D eigenvalue weighted by Crippen LogP contribution is 2.41. The van der Waals surface area contributed by atoms with E-state index in [1.165, 1.54) is 54.8 Å². The van der Waals surface area contributed by atoms with Gasteiger partial charge in [0, 0.05) is 70.9 Å². The topological polar surface area (TPSA) is 311 Å². The molecule has 0 saturated heterocycles. The Kier molecular flexibility index (Phi) is 16.5. The molecule has 7 N–H and O–H groups in total. The van der Waals surface area contributed by atoms with Crippen molar-refractivity contribution in [2.24, 2.45) is 5.92 Å². The van der Waals surface area contributed by atoms with Crippen LogP contribution in [0.4, 0.5) is 14.9 Å². The molecule has 24 heteroatoms. The number of anilines is 1. The number of benzene rings is 2. The normalized spacial score (nSPS) is 16.6. The Morgan fingerprint density at radius 2 is 1.61 bits per heavy atom. The van der Waals surface area contributed by atoms with Gasteiger partial charge in [-0.3, -0.25) is 43.3 Å². The third-order valence-corrected chi connectivity index (χ3v) is 13.5. The number of alkyl carbamates (subject to hydrolysis) is 1. The predicted octanol–water partition coefficient (Wildman–Crippen LogP) is 3.25. The second-order valence-electron chi connectivity index (χ2n) is 18.7. The monoisotopic (exact) mass is 1060 g/mol. The Morgan fingerprint density at radius 1 is 0.920 bits per heavy atom. The number of halogens is 2. The van der Waals surface area contributed by atoms with E-state index in [1.807, 2.05) is 0 Å². The van der Waals surface area contributed by atoms with Gasteiger partial charge in [-0.05, 0) is 74.4 Å². The minimum Gasteiger partial charge on any atom is -0.481 e. The van der Waals surface area contributed by atoms with Crippen LogP contribution in [0.5, 0.6) is 0 Å². The van der Waals surface area contributed by atoms with E-state index in [0.717, 1.165) is 17.1 Å². The number of rotatable bonds is 20. The molecular weight excluding hydrogens is 1000 g/mol. The average molecular weight is 1060 g/mol. The first-order valence-corrected chi connectivity index (χ1v) is 24.3. The number of aliphatic hydroxyl groups is 1. The zero-order valence-electron chi connectivity index (χ0n) is 41.4. The van der Waals surface area contributed by atoms with Crippen molar-refractivity contribution in [2.75, 3.05) is 11.9 Å². The van der Waals surface area contributed by atoms with Crippen molar-refractivity contribution in [1.29, 1.82) is 0 Å². The number of hydrogen-bond acceptors (Lipinski definition) is 14. The van der Waals surface area contributed by atoms with Crippen LogP contribution in [-0.4, -0.2) is 103 Å². The summed E-state index contributed by atoms with van der Waals surface area (Å²) in [6.45, 7) is 6.79. The first-order chi connectivity index (χ1) is 35.5. The molecule has 3 aliphatic heterocycles. The van der Waals surface area contributed by atoms with Crippen molar-refractivity contribution in [2.45, 2.75) is 117 Å². The van der Waals surface area contributed by atoms with Gasteiger partial charge in [-0.25, -0.2) is 19.0 Å². The Balaban J connectivity index is 0.968. The summed E-state index contributed by atoms with van der Waals surface area (Å²) >= 11 is 6.38. The summed E-state index contributed by atoms with van der Waals surface area (Å²) in [5.41, 5.74) is -0.324. The first-order valence-electron chi connectivity index (χ1n) is 23.9. The second kappa shape index (κ2) is 22.6. The lowest BCUT2D eigenvalue weighted by atomic mass is 9.86. The van der Waals surface area contributed by atoms with Gasteiger partial charge in [0.25, 0.3) is 17.4 Å². The molecule has 7 rings (SSSR count). The molecule has 0 aliphatic carbocycles. The smallest absolute Gasteiger partial charge is 0.407 e. The van der Waals surface area contributed by atoms with Crippen molar-refractivity contribution >= 4 is 81.7 Å². The SMILES string of the molecule is CC[C@@]1(O)C(=O)OCc2c1cc1n(c2=O)Cc2c-1nc1cc(Cl)c(C)c(F)c1c2CNC(=O)OCc1ccc(NC(=O)[C@H](CCC(=O)O)NC(=O)[C@H](C)NC(=O)[C@@H](CC(C)C)NC(=O)CCN2C(=O)C=CC2=O)cc1. The number of ether oxygens (including phenoxy) is 2. The van der Waals surface area contributed by atoms with Gasteiger partial charge >= 0.3 is 18.0 Å². The van der Waals surface area contributed by atoms with Crippen LogP contribution in [0.2, 0.25) is 5.02 Å². The Hall–Kier alpha value is -8.05. The van der Waals surface area contributed by atoms with Gasteiger partial charge in [-0.2, -0.15) is 0 Å². The highest BCUT2D eigenvalue weighted by Gasteiger charge is 2.46. The van der Waals surface area contributed by atoms with E-state index < -0.39 is 95.0 Å². The van der Waals surface area contributed by atoms with E-state index in [4.69, 9.17) is 21.1 Å². The number of hydrogen-bond donors (Lipinski definition) is 7. The van der Waals surface area contributed by atoms with Crippen LogP contribution in [0.3, 0.4) is 0 Å². The number of aromatic nitrogens is 2. The molecule has 0 spiro atoms. The van der Waals surface area contributed by atoms with Crippen LogP contribution < -0.4 is 32.1 Å². The maximum atomic E-state index is 16.1. The molecule has 0 fully saturated rings. The predicted molar refractivity (Wildman–Crippen MR) is 265 cm³/mol. The van der Waals surface area contributed by atoms with Crippen molar-refractivity contribution < 1.29 is 67.2 Å². The molecular formula is C51H54ClFN8O14.